The number of nitrogens with zero attached hydrogens (tertiary/aromatic N) is 2. The van der Waals surface area contributed by atoms with Gasteiger partial charge in [0.1, 0.15) is 11.6 Å². The summed E-state index contributed by atoms with van der Waals surface area (Å²) in [5.74, 6) is 0.174. The molecule has 0 saturated carbocycles. The topological polar surface area (TPSA) is 82.2 Å². The molecule has 1 aromatic heterocycles. The number of nitrogens with two attached hydrogens (primary N) is 1. The van der Waals surface area contributed by atoms with Crippen LogP contribution in [0.15, 0.2) is 36.4 Å². The zero-order valence-corrected chi connectivity index (χ0v) is 16.3. The quantitative estimate of drug-likeness (QED) is 0.626. The normalized spacial score (nSPS) is 12.4. The van der Waals surface area contributed by atoms with Gasteiger partial charge in [-0.15, -0.1) is 0 Å². The highest BCUT2D eigenvalue weighted by atomic mass is 19.1. The molecule has 1 heterocycles. The number of hydrogen-bond donors (Lipinski definition) is 2. The van der Waals surface area contributed by atoms with Crippen molar-refractivity contribution < 1.29 is 13.9 Å². The second-order valence-corrected chi connectivity index (χ2v) is 6.84. The molecule has 0 bridgehead atoms. The van der Waals surface area contributed by atoms with Gasteiger partial charge in [0.25, 0.3) is 0 Å². The van der Waals surface area contributed by atoms with Crippen molar-refractivity contribution in [1.82, 2.24) is 14.9 Å². The minimum Gasteiger partial charge on any atom is -0.383 e. The number of primary amides is 1. The summed E-state index contributed by atoms with van der Waals surface area (Å²) in [5.41, 5.74) is 9.67. The van der Waals surface area contributed by atoms with Crippen molar-refractivity contribution in [3.05, 3.63) is 53.6 Å². The maximum Gasteiger partial charge on any atom is 0.234 e. The van der Waals surface area contributed by atoms with Crippen LogP contribution < -0.4 is 11.1 Å². The van der Waals surface area contributed by atoms with Gasteiger partial charge in [-0.05, 0) is 54.8 Å². The largest absolute Gasteiger partial charge is 0.383 e. The van der Waals surface area contributed by atoms with Crippen LogP contribution >= 0.6 is 0 Å². The Bertz CT molecular complexity index is 999. The summed E-state index contributed by atoms with van der Waals surface area (Å²) in [5, 5.41) is 3.10. The number of ether oxygens (including phenoxy) is 1. The number of methoxy groups -OCH3 is 1. The minimum absolute atomic E-state index is 0.216. The van der Waals surface area contributed by atoms with E-state index in [0.717, 1.165) is 28.0 Å². The zero-order valence-electron chi connectivity index (χ0n) is 16.3. The molecule has 0 fully saturated rings. The molecule has 6 nitrogen and oxygen atoms in total. The number of aryl methyl sites for hydroxylation is 1. The monoisotopic (exact) mass is 384 g/mol. The maximum atomic E-state index is 13.6. The molecule has 3 N–H and O–H groups in total. The molecule has 0 radical (unpaired) electrons. The third-order valence-corrected chi connectivity index (χ3v) is 4.83. The predicted molar refractivity (Wildman–Crippen MR) is 107 cm³/mol. The van der Waals surface area contributed by atoms with E-state index in [1.807, 2.05) is 24.3 Å². The van der Waals surface area contributed by atoms with Crippen LogP contribution in [-0.4, -0.2) is 35.2 Å². The molecular weight excluding hydrogens is 359 g/mol. The van der Waals surface area contributed by atoms with Crippen molar-refractivity contribution in [3.8, 4) is 11.1 Å². The number of amides is 1. The van der Waals surface area contributed by atoms with Gasteiger partial charge in [-0.1, -0.05) is 12.1 Å². The van der Waals surface area contributed by atoms with E-state index in [0.29, 0.717) is 25.3 Å². The summed E-state index contributed by atoms with van der Waals surface area (Å²) in [4.78, 5) is 16.0. The molecule has 3 rings (SSSR count). The second-order valence-electron chi connectivity index (χ2n) is 6.84. The van der Waals surface area contributed by atoms with E-state index in [-0.39, 0.29) is 5.82 Å². The molecule has 0 spiro atoms. The Hall–Kier alpha value is -2.77. The van der Waals surface area contributed by atoms with Gasteiger partial charge in [0, 0.05) is 13.7 Å². The predicted octanol–water partition coefficient (Wildman–Crippen LogP) is 2.76. The van der Waals surface area contributed by atoms with Gasteiger partial charge in [-0.25, -0.2) is 9.37 Å². The van der Waals surface area contributed by atoms with Crippen LogP contribution in [0, 0.1) is 12.7 Å². The lowest BCUT2D eigenvalue weighted by Gasteiger charge is -2.12. The highest BCUT2D eigenvalue weighted by molar-refractivity contribution is 5.83. The average molecular weight is 384 g/mol. The molecule has 0 saturated heterocycles. The van der Waals surface area contributed by atoms with Crippen LogP contribution in [0.2, 0.25) is 0 Å². The van der Waals surface area contributed by atoms with E-state index in [1.165, 1.54) is 6.07 Å². The number of aromatic nitrogens is 2. The number of fused-ring (bicyclic) bond motifs is 1. The summed E-state index contributed by atoms with van der Waals surface area (Å²) >= 11 is 0. The van der Waals surface area contributed by atoms with Crippen LogP contribution in [-0.2, 0) is 22.6 Å². The molecule has 28 heavy (non-hydrogen) atoms. The van der Waals surface area contributed by atoms with Gasteiger partial charge in [0.2, 0.25) is 5.91 Å². The summed E-state index contributed by atoms with van der Waals surface area (Å²) in [6, 6.07) is 10.6. The third-order valence-electron chi connectivity index (χ3n) is 4.83. The fourth-order valence-electron chi connectivity index (χ4n) is 3.09. The number of benzene rings is 2. The summed E-state index contributed by atoms with van der Waals surface area (Å²) in [6.45, 7) is 5.04. The van der Waals surface area contributed by atoms with Crippen LogP contribution in [0.3, 0.4) is 0 Å². The van der Waals surface area contributed by atoms with E-state index in [9.17, 15) is 9.18 Å². The second kappa shape index (κ2) is 8.50. The number of carbonyl (C=O) groups excluding carboxylic acids is 1. The van der Waals surface area contributed by atoms with Crippen molar-refractivity contribution in [1.29, 1.82) is 0 Å². The number of hydrogen-bond acceptors (Lipinski definition) is 4. The molecule has 1 atom stereocenters. The molecule has 1 unspecified atom stereocenters. The Kier molecular flexibility index (Phi) is 6.06. The highest BCUT2D eigenvalue weighted by Gasteiger charge is 2.14. The molecule has 3 aromatic rings. The molecule has 0 aliphatic rings. The number of carbonyl (C=O) groups is 1. The summed E-state index contributed by atoms with van der Waals surface area (Å²) in [7, 11) is 1.65. The first-order valence-electron chi connectivity index (χ1n) is 9.18. The number of imidazole rings is 1. The van der Waals surface area contributed by atoms with Crippen molar-refractivity contribution in [2.45, 2.75) is 33.0 Å². The standard InChI is InChI=1S/C21H25FN4O2/c1-13-10-15(4-6-17(13)22)16-5-7-18-19(11-16)26(8-9-28-3)20(25-18)12-24-14(2)21(23)27/h4-7,10-11,14,24H,8-9,12H2,1-3H3,(H2,23,27). The SMILES string of the molecule is COCCn1c(CNC(C)C(N)=O)nc2ccc(-c3ccc(F)c(C)c3)cc21. The molecule has 148 valence electrons. The van der Waals surface area contributed by atoms with Gasteiger partial charge in [0.15, 0.2) is 0 Å². The lowest BCUT2D eigenvalue weighted by molar-refractivity contribution is -0.119. The Labute approximate surface area is 163 Å². The van der Waals surface area contributed by atoms with Crippen molar-refractivity contribution in [2.75, 3.05) is 13.7 Å². The summed E-state index contributed by atoms with van der Waals surface area (Å²) in [6.07, 6.45) is 0. The van der Waals surface area contributed by atoms with Crippen molar-refractivity contribution in [3.63, 3.8) is 0 Å². The van der Waals surface area contributed by atoms with E-state index in [4.69, 9.17) is 15.5 Å². The lowest BCUT2D eigenvalue weighted by atomic mass is 10.0. The summed E-state index contributed by atoms with van der Waals surface area (Å²) < 4.78 is 20.9. The van der Waals surface area contributed by atoms with Crippen molar-refractivity contribution in [2.24, 2.45) is 5.73 Å². The fourth-order valence-corrected chi connectivity index (χ4v) is 3.09. The molecule has 0 aliphatic heterocycles. The maximum absolute atomic E-state index is 13.6. The van der Waals surface area contributed by atoms with E-state index < -0.39 is 11.9 Å². The first-order valence-corrected chi connectivity index (χ1v) is 9.18. The third kappa shape index (κ3) is 4.21. The molecular formula is C21H25FN4O2. The van der Waals surface area contributed by atoms with Crippen LogP contribution in [0.25, 0.3) is 22.2 Å². The first-order chi connectivity index (χ1) is 13.4. The van der Waals surface area contributed by atoms with Crippen molar-refractivity contribution >= 4 is 16.9 Å². The molecule has 0 aliphatic carbocycles. The van der Waals surface area contributed by atoms with E-state index in [2.05, 4.69) is 9.88 Å². The highest BCUT2D eigenvalue weighted by Crippen LogP contribution is 2.26. The van der Waals surface area contributed by atoms with Gasteiger partial charge < -0.3 is 15.0 Å². The smallest absolute Gasteiger partial charge is 0.234 e. The number of halogens is 1. The molecule has 2 aromatic carbocycles. The zero-order chi connectivity index (χ0) is 20.3. The van der Waals surface area contributed by atoms with Gasteiger partial charge in [-0.2, -0.15) is 0 Å². The Balaban J connectivity index is 2.00. The lowest BCUT2D eigenvalue weighted by Crippen LogP contribution is -2.38. The minimum atomic E-state index is -0.451. The van der Waals surface area contributed by atoms with E-state index in [1.54, 1.807) is 27.0 Å². The van der Waals surface area contributed by atoms with Gasteiger partial charge in [-0.3, -0.25) is 10.1 Å². The Morgan fingerprint density at radius 1 is 1.29 bits per heavy atom. The van der Waals surface area contributed by atoms with Gasteiger partial charge in [0.05, 0.1) is 30.2 Å². The first kappa shape index (κ1) is 20.0. The number of rotatable bonds is 8. The number of nitrogens with one attached hydrogen (secondary N) is 1. The molecule has 1 amide bonds. The van der Waals surface area contributed by atoms with Crippen LogP contribution in [0.1, 0.15) is 18.3 Å². The van der Waals surface area contributed by atoms with E-state index >= 15 is 0 Å². The van der Waals surface area contributed by atoms with Crippen LogP contribution in [0.5, 0.6) is 0 Å². The fraction of sp³-hybridized carbons (Fsp3) is 0.333. The Morgan fingerprint density at radius 3 is 2.68 bits per heavy atom. The Morgan fingerprint density at radius 2 is 2.00 bits per heavy atom. The molecule has 7 heteroatoms. The van der Waals surface area contributed by atoms with Gasteiger partial charge >= 0.3 is 0 Å². The average Bonchev–Trinajstić information content (AvgIpc) is 3.03. The van der Waals surface area contributed by atoms with Crippen LogP contribution in [0.4, 0.5) is 4.39 Å².